The predicted molar refractivity (Wildman–Crippen MR) is 130 cm³/mol. The lowest BCUT2D eigenvalue weighted by Gasteiger charge is -2.21. The van der Waals surface area contributed by atoms with Crippen LogP contribution in [0.5, 0.6) is 0 Å². The van der Waals surface area contributed by atoms with Crippen molar-refractivity contribution in [3.8, 4) is 0 Å². The summed E-state index contributed by atoms with van der Waals surface area (Å²) in [6.07, 6.45) is 1.42. The first kappa shape index (κ1) is 22.8. The Bertz CT molecular complexity index is 1180. The maximum absolute atomic E-state index is 12.7. The minimum atomic E-state index is -0.262. The number of hydrogen-bond acceptors (Lipinski definition) is 4. The number of halogens is 1. The normalized spacial score (nSPS) is 12.0. The molecule has 0 saturated carbocycles. The van der Waals surface area contributed by atoms with Crippen molar-refractivity contribution < 1.29 is 9.21 Å². The van der Waals surface area contributed by atoms with Crippen molar-refractivity contribution in [1.82, 2.24) is 15.2 Å². The topological polar surface area (TPSA) is 58.4 Å². The largest absolute Gasteiger partial charge is 0.447 e. The standard InChI is InChI=1S/C27H26ClN3O2/c1-20(22-12-6-3-7-13-22)29-27(32)25-19-33-26(30-25)18-31(16-21-10-4-2-5-11-21)17-23-14-8-9-15-24(23)28/h2-15,19-20H,16-18H2,1H3,(H,29,32). The number of hydrogen-bond donors (Lipinski definition) is 1. The average Bonchev–Trinajstić information content (AvgIpc) is 3.30. The predicted octanol–water partition coefficient (Wildman–Crippen LogP) is 6.02. The van der Waals surface area contributed by atoms with Gasteiger partial charge in [0.15, 0.2) is 5.69 Å². The van der Waals surface area contributed by atoms with Gasteiger partial charge in [0.05, 0.1) is 12.6 Å². The van der Waals surface area contributed by atoms with Crippen LogP contribution in [0.1, 0.15) is 46.0 Å². The Kier molecular flexibility index (Phi) is 7.55. The fraction of sp³-hybridized carbons (Fsp3) is 0.185. The minimum Gasteiger partial charge on any atom is -0.447 e. The van der Waals surface area contributed by atoms with Crippen LogP contribution in [0.4, 0.5) is 0 Å². The third-order valence-electron chi connectivity index (χ3n) is 5.39. The third-order valence-corrected chi connectivity index (χ3v) is 5.76. The number of carbonyl (C=O) groups is 1. The van der Waals surface area contributed by atoms with Crippen molar-refractivity contribution >= 4 is 17.5 Å². The molecule has 1 unspecified atom stereocenters. The van der Waals surface area contributed by atoms with Crippen LogP contribution in [0.3, 0.4) is 0 Å². The van der Waals surface area contributed by atoms with Gasteiger partial charge in [-0.1, -0.05) is 90.5 Å². The fourth-order valence-corrected chi connectivity index (χ4v) is 3.85. The van der Waals surface area contributed by atoms with E-state index in [1.807, 2.05) is 79.7 Å². The van der Waals surface area contributed by atoms with E-state index in [2.05, 4.69) is 27.3 Å². The Labute approximate surface area is 199 Å². The number of benzene rings is 3. The van der Waals surface area contributed by atoms with Crippen molar-refractivity contribution in [1.29, 1.82) is 0 Å². The second-order valence-corrected chi connectivity index (χ2v) is 8.36. The molecule has 0 aliphatic heterocycles. The van der Waals surface area contributed by atoms with Crippen molar-refractivity contribution in [2.24, 2.45) is 0 Å². The van der Waals surface area contributed by atoms with Gasteiger partial charge in [0, 0.05) is 18.1 Å². The molecule has 0 spiro atoms. The van der Waals surface area contributed by atoms with E-state index in [1.54, 1.807) is 0 Å². The van der Waals surface area contributed by atoms with E-state index in [0.717, 1.165) is 16.1 Å². The number of carbonyl (C=O) groups excluding carboxylic acids is 1. The zero-order chi connectivity index (χ0) is 23.0. The molecule has 3 aromatic carbocycles. The molecule has 4 rings (SSSR count). The van der Waals surface area contributed by atoms with Gasteiger partial charge in [0.25, 0.3) is 5.91 Å². The molecular formula is C27H26ClN3O2. The van der Waals surface area contributed by atoms with Crippen molar-refractivity contribution in [2.75, 3.05) is 0 Å². The molecule has 0 fully saturated rings. The molecule has 0 radical (unpaired) electrons. The van der Waals surface area contributed by atoms with Gasteiger partial charge in [-0.3, -0.25) is 9.69 Å². The van der Waals surface area contributed by atoms with Crippen LogP contribution in [0.15, 0.2) is 95.6 Å². The SMILES string of the molecule is CC(NC(=O)c1coc(CN(Cc2ccccc2)Cc2ccccc2Cl)n1)c1ccccc1. The maximum atomic E-state index is 12.7. The van der Waals surface area contributed by atoms with Gasteiger partial charge in [-0.15, -0.1) is 0 Å². The smallest absolute Gasteiger partial charge is 0.273 e. The Morgan fingerprint density at radius 3 is 2.33 bits per heavy atom. The molecule has 0 saturated heterocycles. The van der Waals surface area contributed by atoms with E-state index in [0.29, 0.717) is 25.5 Å². The monoisotopic (exact) mass is 459 g/mol. The molecule has 1 atom stereocenters. The van der Waals surface area contributed by atoms with E-state index >= 15 is 0 Å². The van der Waals surface area contributed by atoms with Gasteiger partial charge in [-0.25, -0.2) is 4.98 Å². The summed E-state index contributed by atoms with van der Waals surface area (Å²) >= 11 is 6.40. The zero-order valence-corrected chi connectivity index (χ0v) is 19.2. The molecule has 168 valence electrons. The molecule has 1 amide bonds. The lowest BCUT2D eigenvalue weighted by Crippen LogP contribution is -2.27. The fourth-order valence-electron chi connectivity index (χ4n) is 3.65. The van der Waals surface area contributed by atoms with E-state index in [1.165, 1.54) is 11.8 Å². The summed E-state index contributed by atoms with van der Waals surface area (Å²) in [5.74, 6) is 0.220. The summed E-state index contributed by atoms with van der Waals surface area (Å²) in [5, 5.41) is 3.69. The third kappa shape index (κ3) is 6.31. The molecule has 0 aliphatic carbocycles. The summed E-state index contributed by atoms with van der Waals surface area (Å²) < 4.78 is 5.66. The number of nitrogens with zero attached hydrogens (tertiary/aromatic N) is 2. The second-order valence-electron chi connectivity index (χ2n) is 7.95. The van der Waals surface area contributed by atoms with Crippen LogP contribution in [0.2, 0.25) is 5.02 Å². The Hall–Kier alpha value is -3.41. The lowest BCUT2D eigenvalue weighted by atomic mass is 10.1. The highest BCUT2D eigenvalue weighted by Gasteiger charge is 2.18. The van der Waals surface area contributed by atoms with Crippen LogP contribution in [-0.2, 0) is 19.6 Å². The number of amides is 1. The molecule has 0 bridgehead atoms. The highest BCUT2D eigenvalue weighted by molar-refractivity contribution is 6.31. The first-order valence-corrected chi connectivity index (χ1v) is 11.3. The highest BCUT2D eigenvalue weighted by atomic mass is 35.5. The molecular weight excluding hydrogens is 434 g/mol. The second kappa shape index (κ2) is 10.9. The molecule has 1 aromatic heterocycles. The first-order chi connectivity index (χ1) is 16.1. The summed E-state index contributed by atoms with van der Waals surface area (Å²) in [6, 6.07) is 27.7. The van der Waals surface area contributed by atoms with E-state index in [4.69, 9.17) is 16.0 Å². The molecule has 0 aliphatic rings. The molecule has 1 heterocycles. The number of nitrogens with one attached hydrogen (secondary N) is 1. The van der Waals surface area contributed by atoms with Gasteiger partial charge < -0.3 is 9.73 Å². The Balaban J connectivity index is 1.46. The maximum Gasteiger partial charge on any atom is 0.273 e. The highest BCUT2D eigenvalue weighted by Crippen LogP contribution is 2.20. The van der Waals surface area contributed by atoms with Crippen LogP contribution >= 0.6 is 11.6 Å². The van der Waals surface area contributed by atoms with Gasteiger partial charge in [-0.2, -0.15) is 0 Å². The average molecular weight is 460 g/mol. The van der Waals surface area contributed by atoms with E-state index in [9.17, 15) is 4.79 Å². The summed E-state index contributed by atoms with van der Waals surface area (Å²) in [4.78, 5) is 19.3. The van der Waals surface area contributed by atoms with Gasteiger partial charge in [0.2, 0.25) is 5.89 Å². The van der Waals surface area contributed by atoms with Crippen molar-refractivity contribution in [3.05, 3.63) is 124 Å². The quantitative estimate of drug-likeness (QED) is 0.332. The number of aromatic nitrogens is 1. The number of rotatable bonds is 9. The summed E-state index contributed by atoms with van der Waals surface area (Å²) in [6.45, 7) is 3.71. The molecule has 33 heavy (non-hydrogen) atoms. The van der Waals surface area contributed by atoms with Gasteiger partial charge in [-0.05, 0) is 29.7 Å². The number of oxazole rings is 1. The van der Waals surface area contributed by atoms with Crippen LogP contribution in [0, 0.1) is 0 Å². The van der Waals surface area contributed by atoms with Gasteiger partial charge in [0.1, 0.15) is 6.26 Å². The first-order valence-electron chi connectivity index (χ1n) is 10.9. The molecule has 4 aromatic rings. The zero-order valence-electron chi connectivity index (χ0n) is 18.4. The summed E-state index contributed by atoms with van der Waals surface area (Å²) in [5.41, 5.74) is 3.50. The van der Waals surface area contributed by atoms with Crippen molar-refractivity contribution in [2.45, 2.75) is 32.6 Å². The lowest BCUT2D eigenvalue weighted by molar-refractivity contribution is 0.0934. The van der Waals surface area contributed by atoms with E-state index in [-0.39, 0.29) is 17.6 Å². The van der Waals surface area contributed by atoms with Gasteiger partial charge >= 0.3 is 0 Å². The Morgan fingerprint density at radius 1 is 0.939 bits per heavy atom. The van der Waals surface area contributed by atoms with Crippen molar-refractivity contribution in [3.63, 3.8) is 0 Å². The van der Waals surface area contributed by atoms with Crippen LogP contribution < -0.4 is 5.32 Å². The Morgan fingerprint density at radius 2 is 1.61 bits per heavy atom. The molecule has 5 nitrogen and oxygen atoms in total. The molecule has 1 N–H and O–H groups in total. The minimum absolute atomic E-state index is 0.131. The van der Waals surface area contributed by atoms with Crippen LogP contribution in [-0.4, -0.2) is 15.8 Å². The van der Waals surface area contributed by atoms with Crippen LogP contribution in [0.25, 0.3) is 0 Å². The van der Waals surface area contributed by atoms with E-state index < -0.39 is 0 Å². The summed E-state index contributed by atoms with van der Waals surface area (Å²) in [7, 11) is 0. The molecule has 6 heteroatoms.